The third-order valence-corrected chi connectivity index (χ3v) is 3.39. The molecule has 2 atom stereocenters. The van der Waals surface area contributed by atoms with Crippen LogP contribution in [0.25, 0.3) is 0 Å². The third-order valence-electron chi connectivity index (χ3n) is 3.39. The Hall–Kier alpha value is -1.48. The van der Waals surface area contributed by atoms with E-state index in [0.29, 0.717) is 5.56 Å². The van der Waals surface area contributed by atoms with Crippen LogP contribution in [-0.4, -0.2) is 36.3 Å². The lowest BCUT2D eigenvalue weighted by molar-refractivity contribution is -0.278. The van der Waals surface area contributed by atoms with Gasteiger partial charge in [-0.15, -0.1) is 0 Å². The first-order chi connectivity index (χ1) is 10.1. The van der Waals surface area contributed by atoms with E-state index >= 15 is 0 Å². The zero-order valence-electron chi connectivity index (χ0n) is 12.0. The van der Waals surface area contributed by atoms with Crippen LogP contribution in [0, 0.1) is 6.92 Å². The Bertz CT molecular complexity index is 535. The fraction of sp³-hybridized carbons (Fsp3) is 0.615. The summed E-state index contributed by atoms with van der Waals surface area (Å²) in [6.45, 7) is 2.59. The Labute approximate surface area is 124 Å². The second-order valence-corrected chi connectivity index (χ2v) is 5.22. The van der Waals surface area contributed by atoms with Crippen molar-refractivity contribution in [3.8, 4) is 0 Å². The molecule has 22 heavy (non-hydrogen) atoms. The van der Waals surface area contributed by atoms with Crippen LogP contribution in [0.15, 0.2) is 12.3 Å². The van der Waals surface area contributed by atoms with Crippen molar-refractivity contribution in [3.63, 3.8) is 0 Å². The molecule has 2 N–H and O–H groups in total. The van der Waals surface area contributed by atoms with E-state index in [0.717, 1.165) is 12.3 Å². The number of rotatable bonds is 3. The Morgan fingerprint density at radius 3 is 2.68 bits per heavy atom. The number of morpholine rings is 1. The van der Waals surface area contributed by atoms with Crippen molar-refractivity contribution in [2.24, 2.45) is 0 Å². The van der Waals surface area contributed by atoms with Crippen molar-refractivity contribution in [1.82, 2.24) is 10.3 Å². The maximum Gasteiger partial charge on any atom is 0.417 e. The monoisotopic (exact) mass is 325 g/mol. The van der Waals surface area contributed by atoms with Gasteiger partial charge in [-0.3, -0.25) is 0 Å². The molecule has 1 fully saturated rings. The molecule has 1 saturated heterocycles. The number of aromatic nitrogens is 1. The summed E-state index contributed by atoms with van der Waals surface area (Å²) in [5.74, 6) is 0.277. The molecule has 4 nitrogen and oxygen atoms in total. The van der Waals surface area contributed by atoms with Gasteiger partial charge in [0.25, 0.3) is 0 Å². The Morgan fingerprint density at radius 2 is 2.14 bits per heavy atom. The summed E-state index contributed by atoms with van der Waals surface area (Å²) >= 11 is 0. The fourth-order valence-corrected chi connectivity index (χ4v) is 2.17. The van der Waals surface area contributed by atoms with E-state index in [9.17, 15) is 22.0 Å². The van der Waals surface area contributed by atoms with Crippen LogP contribution < -0.4 is 10.6 Å². The van der Waals surface area contributed by atoms with Crippen LogP contribution in [0.3, 0.4) is 0 Å². The SMILES string of the molecule is Cc1cc(C(F)(F)F)cnc1NC[C@H]1NCC(F)(F)O[C@H]1C. The molecule has 1 aliphatic heterocycles. The number of hydrogen-bond acceptors (Lipinski definition) is 4. The van der Waals surface area contributed by atoms with E-state index in [1.807, 2.05) is 0 Å². The minimum Gasteiger partial charge on any atom is -0.368 e. The van der Waals surface area contributed by atoms with Crippen LogP contribution in [0.5, 0.6) is 0 Å². The Balaban J connectivity index is 1.98. The molecule has 0 radical (unpaired) electrons. The van der Waals surface area contributed by atoms with E-state index in [4.69, 9.17) is 0 Å². The van der Waals surface area contributed by atoms with Crippen molar-refractivity contribution < 1.29 is 26.7 Å². The number of nitrogens with zero attached hydrogens (tertiary/aromatic N) is 1. The van der Waals surface area contributed by atoms with Gasteiger partial charge in [0.2, 0.25) is 0 Å². The zero-order valence-corrected chi connectivity index (χ0v) is 12.0. The van der Waals surface area contributed by atoms with E-state index in [1.54, 1.807) is 0 Å². The lowest BCUT2D eigenvalue weighted by Crippen LogP contribution is -2.57. The summed E-state index contributed by atoms with van der Waals surface area (Å²) in [5.41, 5.74) is -0.507. The first kappa shape index (κ1) is 16.9. The van der Waals surface area contributed by atoms with E-state index in [1.165, 1.54) is 13.8 Å². The molecule has 0 aliphatic carbocycles. The number of pyridine rings is 1. The molecule has 0 saturated carbocycles. The van der Waals surface area contributed by atoms with Crippen LogP contribution >= 0.6 is 0 Å². The molecule has 2 heterocycles. The molecule has 0 spiro atoms. The van der Waals surface area contributed by atoms with Crippen molar-refractivity contribution in [2.45, 2.75) is 38.3 Å². The molecule has 0 aromatic carbocycles. The van der Waals surface area contributed by atoms with Gasteiger partial charge in [-0.05, 0) is 25.5 Å². The zero-order chi connectivity index (χ0) is 16.5. The molecule has 0 bridgehead atoms. The molecule has 1 aliphatic rings. The molecular formula is C13H16F5N3O. The van der Waals surface area contributed by atoms with E-state index in [-0.39, 0.29) is 12.4 Å². The van der Waals surface area contributed by atoms with Crippen molar-refractivity contribution in [3.05, 3.63) is 23.4 Å². The van der Waals surface area contributed by atoms with E-state index < -0.39 is 36.5 Å². The highest BCUT2D eigenvalue weighted by Crippen LogP contribution is 2.30. The number of hydrogen-bond donors (Lipinski definition) is 2. The number of aryl methyl sites for hydroxylation is 1. The van der Waals surface area contributed by atoms with Crippen molar-refractivity contribution in [2.75, 3.05) is 18.4 Å². The lowest BCUT2D eigenvalue weighted by Gasteiger charge is -2.35. The normalized spacial score (nSPS) is 25.0. The van der Waals surface area contributed by atoms with Crippen LogP contribution in [0.4, 0.5) is 27.8 Å². The van der Waals surface area contributed by atoms with Gasteiger partial charge in [-0.25, -0.2) is 4.98 Å². The van der Waals surface area contributed by atoms with Gasteiger partial charge >= 0.3 is 12.3 Å². The molecule has 1 aromatic rings. The van der Waals surface area contributed by atoms with Crippen LogP contribution in [0.2, 0.25) is 0 Å². The standard InChI is InChI=1S/C13H16F5N3O/c1-7-3-9(13(16,17)18)4-19-11(7)20-5-10-8(2)22-12(14,15)6-21-10/h3-4,8,10,21H,5-6H2,1-2H3,(H,19,20)/t8-,10+/m0/s1. The first-order valence-electron chi connectivity index (χ1n) is 6.65. The quantitative estimate of drug-likeness (QED) is 0.839. The molecule has 2 rings (SSSR count). The average Bonchev–Trinajstić information content (AvgIpc) is 2.37. The molecule has 124 valence electrons. The molecular weight excluding hydrogens is 309 g/mol. The summed E-state index contributed by atoms with van der Waals surface area (Å²) in [6.07, 6.45) is -7.67. The second kappa shape index (κ2) is 5.96. The summed E-state index contributed by atoms with van der Waals surface area (Å²) in [7, 11) is 0. The number of halogens is 5. The highest BCUT2D eigenvalue weighted by atomic mass is 19.4. The molecule has 0 unspecified atom stereocenters. The van der Waals surface area contributed by atoms with Gasteiger partial charge in [-0.1, -0.05) is 0 Å². The summed E-state index contributed by atoms with van der Waals surface area (Å²) in [5, 5.41) is 5.49. The van der Waals surface area contributed by atoms with Gasteiger partial charge in [0.05, 0.1) is 24.3 Å². The summed E-state index contributed by atoms with van der Waals surface area (Å²) in [6, 6.07) is 0.584. The number of anilines is 1. The number of alkyl halides is 5. The minimum absolute atomic E-state index is 0.205. The number of nitrogens with one attached hydrogen (secondary N) is 2. The fourth-order valence-electron chi connectivity index (χ4n) is 2.17. The van der Waals surface area contributed by atoms with Crippen molar-refractivity contribution >= 4 is 5.82 Å². The highest BCUT2D eigenvalue weighted by Gasteiger charge is 2.40. The van der Waals surface area contributed by atoms with Crippen molar-refractivity contribution in [1.29, 1.82) is 0 Å². The topological polar surface area (TPSA) is 46.2 Å². The van der Waals surface area contributed by atoms with Crippen LogP contribution in [0.1, 0.15) is 18.1 Å². The Kier molecular flexibility index (Phi) is 4.57. The molecule has 9 heteroatoms. The summed E-state index contributed by atoms with van der Waals surface area (Å²) in [4.78, 5) is 3.73. The van der Waals surface area contributed by atoms with Gasteiger partial charge < -0.3 is 15.4 Å². The predicted octanol–water partition coefficient (Wildman–Crippen LogP) is 2.79. The third kappa shape index (κ3) is 4.04. The van der Waals surface area contributed by atoms with Gasteiger partial charge in [0.15, 0.2) is 0 Å². The minimum atomic E-state index is -4.45. The molecule has 0 amide bonds. The van der Waals surface area contributed by atoms with E-state index in [2.05, 4.69) is 20.4 Å². The van der Waals surface area contributed by atoms with Crippen LogP contribution in [-0.2, 0) is 10.9 Å². The Morgan fingerprint density at radius 1 is 1.45 bits per heavy atom. The van der Waals surface area contributed by atoms with Gasteiger partial charge in [0.1, 0.15) is 5.82 Å². The van der Waals surface area contributed by atoms with Gasteiger partial charge in [0, 0.05) is 12.7 Å². The van der Waals surface area contributed by atoms with Gasteiger partial charge in [-0.2, -0.15) is 22.0 Å². The lowest BCUT2D eigenvalue weighted by atomic mass is 10.1. The largest absolute Gasteiger partial charge is 0.417 e. The maximum atomic E-state index is 13.0. The number of ether oxygens (including phenoxy) is 1. The smallest absolute Gasteiger partial charge is 0.368 e. The highest BCUT2D eigenvalue weighted by molar-refractivity contribution is 5.45. The average molecular weight is 325 g/mol. The predicted molar refractivity (Wildman–Crippen MR) is 69.8 cm³/mol. The first-order valence-corrected chi connectivity index (χ1v) is 6.65. The second-order valence-electron chi connectivity index (χ2n) is 5.22. The molecule has 1 aromatic heterocycles. The summed E-state index contributed by atoms with van der Waals surface area (Å²) < 4.78 is 68.2. The maximum absolute atomic E-state index is 13.0.